The van der Waals surface area contributed by atoms with Crippen LogP contribution in [0.4, 0.5) is 5.69 Å². The van der Waals surface area contributed by atoms with Crippen LogP contribution in [-0.2, 0) is 10.0 Å². The van der Waals surface area contributed by atoms with Gasteiger partial charge in [-0.2, -0.15) is 4.31 Å². The number of hydrogen-bond acceptors (Lipinski definition) is 5. The summed E-state index contributed by atoms with van der Waals surface area (Å²) in [5.41, 5.74) is 1.61. The number of aromatic nitrogens is 1. The van der Waals surface area contributed by atoms with Crippen molar-refractivity contribution >= 4 is 32.5 Å². The van der Waals surface area contributed by atoms with Gasteiger partial charge in [0.05, 0.1) is 18.3 Å². The van der Waals surface area contributed by atoms with Crippen LogP contribution in [0, 0.1) is 0 Å². The van der Waals surface area contributed by atoms with Gasteiger partial charge in [0.25, 0.3) is 5.91 Å². The molecule has 3 aromatic rings. The maximum absolute atomic E-state index is 13.0. The molecule has 1 aliphatic heterocycles. The topological polar surface area (TPSA) is 88.6 Å². The van der Waals surface area contributed by atoms with Crippen LogP contribution in [0.15, 0.2) is 59.6 Å². The quantitative estimate of drug-likeness (QED) is 0.696. The van der Waals surface area contributed by atoms with E-state index < -0.39 is 15.9 Å². The molecule has 0 bridgehead atoms. The molecule has 1 amide bonds. The minimum absolute atomic E-state index is 0.00846. The predicted octanol–water partition coefficient (Wildman–Crippen LogP) is 3.28. The van der Waals surface area contributed by atoms with Gasteiger partial charge >= 0.3 is 0 Å². The van der Waals surface area contributed by atoms with Gasteiger partial charge < -0.3 is 10.1 Å². The summed E-state index contributed by atoms with van der Waals surface area (Å²) < 4.78 is 32.7. The molecular weight excluding hydrogens is 390 g/mol. The van der Waals surface area contributed by atoms with E-state index in [1.165, 1.54) is 23.5 Å². The zero-order valence-corrected chi connectivity index (χ0v) is 16.8. The predicted molar refractivity (Wildman–Crippen MR) is 111 cm³/mol. The molecule has 2 aromatic carbocycles. The lowest BCUT2D eigenvalue weighted by molar-refractivity contribution is 0.102. The minimum Gasteiger partial charge on any atom is -0.495 e. The summed E-state index contributed by atoms with van der Waals surface area (Å²) in [5, 5.41) is 3.67. The van der Waals surface area contributed by atoms with E-state index in [4.69, 9.17) is 4.74 Å². The zero-order valence-electron chi connectivity index (χ0n) is 16.0. The van der Waals surface area contributed by atoms with Crippen LogP contribution in [0.5, 0.6) is 5.75 Å². The Morgan fingerprint density at radius 1 is 1.10 bits per heavy atom. The van der Waals surface area contributed by atoms with Crippen molar-refractivity contribution in [1.29, 1.82) is 0 Å². The number of rotatable bonds is 5. The first-order chi connectivity index (χ1) is 14.0. The highest BCUT2D eigenvalue weighted by atomic mass is 32.2. The lowest BCUT2D eigenvalue weighted by atomic mass is 10.1. The van der Waals surface area contributed by atoms with Crippen molar-refractivity contribution in [2.24, 2.45) is 0 Å². The Hall–Kier alpha value is -2.97. The number of benzene rings is 2. The van der Waals surface area contributed by atoms with Gasteiger partial charge in [0.2, 0.25) is 10.0 Å². The molecule has 0 spiro atoms. The first kappa shape index (κ1) is 19.4. The van der Waals surface area contributed by atoms with Crippen molar-refractivity contribution < 1.29 is 17.9 Å². The number of carbonyl (C=O) groups excluding carboxylic acids is 1. The number of nitrogens with one attached hydrogen (secondary N) is 1. The maximum atomic E-state index is 13.0. The van der Waals surface area contributed by atoms with Crippen LogP contribution in [0.1, 0.15) is 23.2 Å². The number of hydrogen-bond donors (Lipinski definition) is 1. The Bertz CT molecular complexity index is 1170. The molecule has 1 fully saturated rings. The fourth-order valence-electron chi connectivity index (χ4n) is 3.49. The number of nitrogens with zero attached hydrogens (tertiary/aromatic N) is 2. The minimum atomic E-state index is -3.73. The highest BCUT2D eigenvalue weighted by molar-refractivity contribution is 7.89. The molecule has 0 atom stereocenters. The second-order valence-electron chi connectivity index (χ2n) is 6.81. The molecule has 2 heterocycles. The zero-order chi connectivity index (χ0) is 20.4. The highest BCUT2D eigenvalue weighted by Gasteiger charge is 2.30. The third kappa shape index (κ3) is 3.68. The second-order valence-corrected chi connectivity index (χ2v) is 8.71. The van der Waals surface area contributed by atoms with Crippen molar-refractivity contribution in [3.05, 3.63) is 60.3 Å². The molecule has 1 saturated heterocycles. The molecule has 7 nitrogen and oxygen atoms in total. The number of pyridine rings is 1. The van der Waals surface area contributed by atoms with E-state index in [0.29, 0.717) is 18.8 Å². The van der Waals surface area contributed by atoms with Gasteiger partial charge in [-0.05, 0) is 55.3 Å². The third-order valence-corrected chi connectivity index (χ3v) is 6.92. The first-order valence-electron chi connectivity index (χ1n) is 9.34. The molecule has 0 aliphatic carbocycles. The maximum Gasteiger partial charge on any atom is 0.255 e. The molecule has 150 valence electrons. The number of amides is 1. The lowest BCUT2D eigenvalue weighted by Gasteiger charge is -2.18. The molecule has 0 unspecified atom stereocenters. The molecule has 8 heteroatoms. The van der Waals surface area contributed by atoms with Gasteiger partial charge in [-0.1, -0.05) is 6.07 Å². The second kappa shape index (κ2) is 7.81. The van der Waals surface area contributed by atoms with Crippen LogP contribution < -0.4 is 10.1 Å². The average molecular weight is 411 g/mol. The van der Waals surface area contributed by atoms with E-state index in [0.717, 1.165) is 23.7 Å². The normalized spacial score (nSPS) is 14.8. The number of ether oxygens (including phenoxy) is 1. The molecule has 1 N–H and O–H groups in total. The summed E-state index contributed by atoms with van der Waals surface area (Å²) in [6, 6.07) is 13.6. The van der Waals surface area contributed by atoms with Gasteiger partial charge in [0.1, 0.15) is 10.6 Å². The van der Waals surface area contributed by atoms with Crippen LogP contribution >= 0.6 is 0 Å². The number of fused-ring (bicyclic) bond motifs is 1. The van der Waals surface area contributed by atoms with E-state index in [1.54, 1.807) is 24.4 Å². The Kier molecular flexibility index (Phi) is 5.21. The van der Waals surface area contributed by atoms with E-state index in [9.17, 15) is 13.2 Å². The summed E-state index contributed by atoms with van der Waals surface area (Å²) in [5.74, 6) is -0.176. The van der Waals surface area contributed by atoms with Crippen LogP contribution in [-0.4, -0.2) is 43.8 Å². The molecular formula is C21H21N3O4S. The van der Waals surface area contributed by atoms with Gasteiger partial charge in [0.15, 0.2) is 0 Å². The van der Waals surface area contributed by atoms with Gasteiger partial charge in [0, 0.05) is 30.2 Å². The highest BCUT2D eigenvalue weighted by Crippen LogP contribution is 2.30. The Balaban J connectivity index is 1.69. The summed E-state index contributed by atoms with van der Waals surface area (Å²) >= 11 is 0. The molecule has 0 radical (unpaired) electrons. The summed E-state index contributed by atoms with van der Waals surface area (Å²) in [7, 11) is -2.31. The van der Waals surface area contributed by atoms with Crippen molar-refractivity contribution in [3.63, 3.8) is 0 Å². The third-order valence-electron chi connectivity index (χ3n) is 5.00. The average Bonchev–Trinajstić information content (AvgIpc) is 3.29. The van der Waals surface area contributed by atoms with Gasteiger partial charge in [-0.15, -0.1) is 0 Å². The fraction of sp³-hybridized carbons (Fsp3) is 0.238. The number of methoxy groups -OCH3 is 1. The Labute approximate surface area is 169 Å². The van der Waals surface area contributed by atoms with Crippen LogP contribution in [0.25, 0.3) is 10.9 Å². The number of carbonyl (C=O) groups is 1. The molecule has 4 rings (SSSR count). The van der Waals surface area contributed by atoms with Crippen molar-refractivity contribution in [2.45, 2.75) is 17.7 Å². The summed E-state index contributed by atoms with van der Waals surface area (Å²) in [4.78, 5) is 17.2. The summed E-state index contributed by atoms with van der Waals surface area (Å²) in [6.45, 7) is 0.954. The monoisotopic (exact) mass is 411 g/mol. The smallest absolute Gasteiger partial charge is 0.255 e. The van der Waals surface area contributed by atoms with E-state index in [-0.39, 0.29) is 16.2 Å². The van der Waals surface area contributed by atoms with E-state index in [1.807, 2.05) is 18.2 Å². The first-order valence-corrected chi connectivity index (χ1v) is 10.8. The van der Waals surface area contributed by atoms with Crippen molar-refractivity contribution in [1.82, 2.24) is 9.29 Å². The fourth-order valence-corrected chi connectivity index (χ4v) is 5.19. The largest absolute Gasteiger partial charge is 0.495 e. The molecule has 1 aromatic heterocycles. The molecule has 1 aliphatic rings. The van der Waals surface area contributed by atoms with Crippen molar-refractivity contribution in [2.75, 3.05) is 25.5 Å². The van der Waals surface area contributed by atoms with Crippen LogP contribution in [0.3, 0.4) is 0 Å². The number of anilines is 1. The van der Waals surface area contributed by atoms with Crippen molar-refractivity contribution in [3.8, 4) is 5.75 Å². The van der Waals surface area contributed by atoms with E-state index in [2.05, 4.69) is 10.3 Å². The van der Waals surface area contributed by atoms with Crippen LogP contribution in [0.2, 0.25) is 0 Å². The number of sulfonamides is 1. The summed E-state index contributed by atoms with van der Waals surface area (Å²) in [6.07, 6.45) is 3.35. The molecule has 29 heavy (non-hydrogen) atoms. The van der Waals surface area contributed by atoms with Gasteiger partial charge in [-0.3, -0.25) is 9.78 Å². The standard InChI is InChI=1S/C21H21N3O4S/c1-28-19-10-9-15(14-20(19)29(26,27)24-12-2-3-13-24)21(25)23-18-8-4-7-17-16(18)6-5-11-22-17/h4-11,14H,2-3,12-13H2,1H3,(H,23,25). The Morgan fingerprint density at radius 2 is 1.90 bits per heavy atom. The molecule has 0 saturated carbocycles. The SMILES string of the molecule is COc1ccc(C(=O)Nc2cccc3ncccc23)cc1S(=O)(=O)N1CCCC1. The lowest BCUT2D eigenvalue weighted by Crippen LogP contribution is -2.28. The van der Waals surface area contributed by atoms with E-state index >= 15 is 0 Å². The van der Waals surface area contributed by atoms with Gasteiger partial charge in [-0.25, -0.2) is 8.42 Å². The Morgan fingerprint density at radius 3 is 2.66 bits per heavy atom.